The second-order valence-corrected chi connectivity index (χ2v) is 50.7. The summed E-state index contributed by atoms with van der Waals surface area (Å²) in [4.78, 5) is 0. The lowest BCUT2D eigenvalue weighted by Crippen LogP contribution is -2.24. The molecule has 1 aliphatic rings. The molecule has 4 heteroatoms. The Labute approximate surface area is 111 Å². The third-order valence-corrected chi connectivity index (χ3v) is 15.9. The normalized spacial score (nSPS) is 25.2. The van der Waals surface area contributed by atoms with Crippen molar-refractivity contribution in [3.63, 3.8) is 0 Å². The molecule has 12 heavy (non-hydrogen) atoms. The van der Waals surface area contributed by atoms with Gasteiger partial charge in [0.1, 0.15) is 0 Å². The molecular weight excluding hydrogens is 509 g/mol. The molecule has 76 valence electrons. The molecule has 0 heterocycles. The summed E-state index contributed by atoms with van der Waals surface area (Å²) in [7, 11) is 0. The quantitative estimate of drug-likeness (QED) is 0.435. The Balaban J connectivity index is 2.88. The van der Waals surface area contributed by atoms with Crippen molar-refractivity contribution in [2.24, 2.45) is 5.92 Å². The highest BCUT2D eigenvalue weighted by atomic mass is 127. The summed E-state index contributed by atoms with van der Waals surface area (Å²) in [5.41, 5.74) is 0. The second-order valence-electron chi connectivity index (χ2n) is 4.68. The van der Waals surface area contributed by atoms with Gasteiger partial charge >= 0.3 is 0 Å². The van der Waals surface area contributed by atoms with E-state index in [1.54, 1.807) is 0 Å². The van der Waals surface area contributed by atoms with E-state index in [1.165, 1.54) is 18.6 Å². The van der Waals surface area contributed by atoms with Crippen LogP contribution >= 0.6 is 63.4 Å². The fraction of sp³-hybridized carbons (Fsp3) is 1.00. The minimum absolute atomic E-state index is 0.836. The highest BCUT2D eigenvalue weighted by Crippen LogP contribution is 3.10. The zero-order valence-corrected chi connectivity index (χ0v) is 15.1. The van der Waals surface area contributed by atoms with Crippen LogP contribution in [0.25, 0.3) is 0 Å². The Kier molecular flexibility index (Phi) is 3.18. The van der Waals surface area contributed by atoms with Crippen molar-refractivity contribution in [3.05, 3.63) is 0 Å². The highest BCUT2D eigenvalue weighted by molar-refractivity contribution is 14.5. The van der Waals surface area contributed by atoms with Gasteiger partial charge in [0, 0.05) is 0 Å². The van der Waals surface area contributed by atoms with Gasteiger partial charge in [0.25, 0.3) is 0 Å². The standard InChI is InChI=1S/C8H17I3S/c1-7(2)6-12(3,9,10,11)8-4-5-8/h7-8H,4-6H2,1-3H3. The second kappa shape index (κ2) is 3.02. The summed E-state index contributed by atoms with van der Waals surface area (Å²) >= 11 is 8.41. The molecule has 0 aromatic rings. The van der Waals surface area contributed by atoms with Crippen LogP contribution in [-0.4, -0.2) is 17.3 Å². The Bertz CT molecular complexity index is 197. The van der Waals surface area contributed by atoms with Crippen molar-refractivity contribution in [2.45, 2.75) is 31.9 Å². The summed E-state index contributed by atoms with van der Waals surface area (Å²) in [5.74, 6) is 2.25. The smallest absolute Gasteiger partial charge is 0.000773 e. The van der Waals surface area contributed by atoms with Crippen LogP contribution in [-0.2, 0) is 0 Å². The summed E-state index contributed by atoms with van der Waals surface area (Å²) in [5, 5.41) is 1.02. The molecule has 0 N–H and O–H groups in total. The van der Waals surface area contributed by atoms with E-state index in [4.69, 9.17) is 0 Å². The van der Waals surface area contributed by atoms with Crippen molar-refractivity contribution in [1.82, 2.24) is 0 Å². The van der Waals surface area contributed by atoms with Crippen molar-refractivity contribution in [3.8, 4) is 0 Å². The van der Waals surface area contributed by atoms with Crippen LogP contribution in [0.15, 0.2) is 0 Å². The van der Waals surface area contributed by atoms with E-state index in [0.717, 1.165) is 11.2 Å². The first-order valence-electron chi connectivity index (χ1n) is 4.27. The molecule has 1 aliphatic carbocycles. The molecule has 0 amide bonds. The summed E-state index contributed by atoms with van der Waals surface area (Å²) in [6, 6.07) is 0. The molecule has 0 aromatic heterocycles. The van der Waals surface area contributed by atoms with Gasteiger partial charge in [-0.15, -0.1) is -0.192 Å². The molecule has 0 nitrogen and oxygen atoms in total. The third kappa shape index (κ3) is 3.29. The molecule has 0 bridgehead atoms. The average Bonchev–Trinajstić information content (AvgIpc) is 2.28. The first-order chi connectivity index (χ1) is 5.04. The zero-order chi connectivity index (χ0) is 9.68. The van der Waals surface area contributed by atoms with E-state index < -0.39 is -0.192 Å². The Morgan fingerprint density at radius 2 is 1.67 bits per heavy atom. The van der Waals surface area contributed by atoms with E-state index in [9.17, 15) is 0 Å². The van der Waals surface area contributed by atoms with Gasteiger partial charge in [-0.2, -0.15) is 0 Å². The summed E-state index contributed by atoms with van der Waals surface area (Å²) in [6.07, 6.45) is 5.48. The van der Waals surface area contributed by atoms with Crippen LogP contribution in [0.2, 0.25) is 0 Å². The topological polar surface area (TPSA) is 0 Å². The monoisotopic (exact) mass is 526 g/mol. The Morgan fingerprint density at radius 3 is 1.92 bits per heavy atom. The van der Waals surface area contributed by atoms with Crippen LogP contribution in [0.1, 0.15) is 26.7 Å². The van der Waals surface area contributed by atoms with E-state index in [0.29, 0.717) is 0 Å². The first-order valence-corrected chi connectivity index (χ1v) is 15.0. The molecule has 0 aromatic carbocycles. The zero-order valence-electron chi connectivity index (χ0n) is 7.82. The van der Waals surface area contributed by atoms with Gasteiger partial charge in [0.05, 0.1) is 0 Å². The molecule has 0 spiro atoms. The lowest BCUT2D eigenvalue weighted by Gasteiger charge is -2.64. The number of hydrogen-bond acceptors (Lipinski definition) is 0. The van der Waals surface area contributed by atoms with E-state index >= 15 is 0 Å². The van der Waals surface area contributed by atoms with Crippen LogP contribution in [0.4, 0.5) is 0 Å². The molecule has 0 saturated heterocycles. The molecule has 0 aliphatic heterocycles. The number of rotatable bonds is 3. The fourth-order valence-electron chi connectivity index (χ4n) is 1.78. The van der Waals surface area contributed by atoms with Crippen molar-refractivity contribution in [1.29, 1.82) is 0 Å². The number of hydrogen-bond donors (Lipinski definition) is 0. The summed E-state index contributed by atoms with van der Waals surface area (Å²) in [6.45, 7) is 4.70. The van der Waals surface area contributed by atoms with Gasteiger partial charge in [-0.05, 0) is 99.6 Å². The minimum Gasteiger partial charge on any atom is -0.149 e. The van der Waals surface area contributed by atoms with Gasteiger partial charge in [-0.3, -0.25) is 0 Å². The predicted molar refractivity (Wildman–Crippen MR) is 88.3 cm³/mol. The van der Waals surface area contributed by atoms with Gasteiger partial charge in [-0.1, -0.05) is 13.8 Å². The van der Waals surface area contributed by atoms with Gasteiger partial charge < -0.3 is 0 Å². The molecule has 0 atom stereocenters. The van der Waals surface area contributed by atoms with Crippen LogP contribution < -0.4 is 0 Å². The van der Waals surface area contributed by atoms with Gasteiger partial charge in [0.15, 0.2) is 0 Å². The van der Waals surface area contributed by atoms with Crippen molar-refractivity contribution in [2.75, 3.05) is 12.0 Å². The predicted octanol–water partition coefficient (Wildman–Crippen LogP) is 5.36. The minimum atomic E-state index is -1.72. The number of halogens is 3. The van der Waals surface area contributed by atoms with Crippen LogP contribution in [0.5, 0.6) is 0 Å². The van der Waals surface area contributed by atoms with E-state index in [1.807, 2.05) is 0 Å². The first kappa shape index (κ1) is 12.6. The largest absolute Gasteiger partial charge is 0.149 e. The average molecular weight is 526 g/mol. The molecular formula is C8H17I3S. The summed E-state index contributed by atoms with van der Waals surface area (Å²) < 4.78 is -1.72. The molecule has 0 unspecified atom stereocenters. The lowest BCUT2D eigenvalue weighted by molar-refractivity contribution is 0.747. The highest BCUT2D eigenvalue weighted by Gasteiger charge is 2.60. The van der Waals surface area contributed by atoms with Crippen molar-refractivity contribution < 1.29 is 0 Å². The lowest BCUT2D eigenvalue weighted by atomic mass is 10.3. The Morgan fingerprint density at radius 1 is 1.25 bits per heavy atom. The van der Waals surface area contributed by atoms with Crippen LogP contribution in [0.3, 0.4) is 0 Å². The molecule has 1 saturated carbocycles. The third-order valence-electron chi connectivity index (χ3n) is 2.26. The maximum atomic E-state index is 2.80. The van der Waals surface area contributed by atoms with Crippen LogP contribution in [0, 0.1) is 5.92 Å². The van der Waals surface area contributed by atoms with Crippen molar-refractivity contribution >= 4 is 63.4 Å². The Hall–Kier alpha value is 2.54. The molecule has 0 radical (unpaired) electrons. The maximum Gasteiger partial charge on any atom is -0.000773 e. The van der Waals surface area contributed by atoms with E-state index in [2.05, 4.69) is 83.7 Å². The molecule has 1 rings (SSSR count). The SMILES string of the molecule is CC(C)CS(C)(I)(I)(I)C1CC1. The van der Waals surface area contributed by atoms with Gasteiger partial charge in [0.2, 0.25) is 0 Å². The molecule has 1 fully saturated rings. The van der Waals surface area contributed by atoms with Gasteiger partial charge in [-0.25, -0.2) is 0 Å². The fourth-order valence-corrected chi connectivity index (χ4v) is 16.4. The maximum absolute atomic E-state index is 2.80. The van der Waals surface area contributed by atoms with E-state index in [-0.39, 0.29) is 0 Å².